The topological polar surface area (TPSA) is 32.3 Å². The molecule has 0 radical (unpaired) electrons. The maximum absolute atomic E-state index is 11.6. The largest absolute Gasteiger partial charge is 0.367 e. The number of para-hydroxylation sites is 1. The first-order valence-corrected chi connectivity index (χ1v) is 7.00. The summed E-state index contributed by atoms with van der Waals surface area (Å²) >= 11 is 0. The number of benzene rings is 1. The lowest BCUT2D eigenvalue weighted by atomic mass is 10.2. The third-order valence-electron chi connectivity index (χ3n) is 3.58. The summed E-state index contributed by atoms with van der Waals surface area (Å²) in [6.45, 7) is 5.46. The number of hydrogen-bond donors (Lipinski definition) is 1. The number of nitrogens with one attached hydrogen (secondary N) is 1. The van der Waals surface area contributed by atoms with E-state index in [0.29, 0.717) is 12.5 Å². The molecule has 2 rings (SSSR count). The molecule has 1 amide bonds. The maximum atomic E-state index is 11.6. The minimum absolute atomic E-state index is 0.125. The number of anilines is 1. The number of nitrogens with zero attached hydrogens (tertiary/aromatic N) is 1. The van der Waals surface area contributed by atoms with E-state index < -0.39 is 0 Å². The Morgan fingerprint density at radius 2 is 2.21 bits per heavy atom. The number of hydrogen-bond acceptors (Lipinski definition) is 2. The zero-order valence-electron chi connectivity index (χ0n) is 11.3. The fraction of sp³-hybridized carbons (Fsp3) is 0.438. The molecule has 1 aromatic rings. The first-order valence-electron chi connectivity index (χ1n) is 7.00. The zero-order chi connectivity index (χ0) is 13.5. The average Bonchev–Trinajstić information content (AvgIpc) is 2.92. The van der Waals surface area contributed by atoms with Gasteiger partial charge in [-0.25, -0.2) is 0 Å². The fourth-order valence-corrected chi connectivity index (χ4v) is 2.56. The number of carbonyl (C=O) groups excluding carboxylic acids is 1. The van der Waals surface area contributed by atoms with Crippen molar-refractivity contribution in [1.82, 2.24) is 5.32 Å². The van der Waals surface area contributed by atoms with Crippen LogP contribution in [0.4, 0.5) is 5.69 Å². The predicted molar refractivity (Wildman–Crippen MR) is 79.3 cm³/mol. The molecule has 0 unspecified atom stereocenters. The number of amides is 1. The second-order valence-corrected chi connectivity index (χ2v) is 4.96. The van der Waals surface area contributed by atoms with E-state index in [2.05, 4.69) is 41.1 Å². The standard InChI is InChI=1S/C16H22N2O/c1-2-3-11-16(19)17-13-15-10-7-12-18(15)14-8-5-4-6-9-14/h2,4-6,8-9,15H,1,3,7,10-13H2,(H,17,19)/t15-/m0/s1. The van der Waals surface area contributed by atoms with Crippen LogP contribution in [-0.2, 0) is 4.79 Å². The average molecular weight is 258 g/mol. The molecule has 102 valence electrons. The molecule has 0 spiro atoms. The summed E-state index contributed by atoms with van der Waals surface area (Å²) in [6, 6.07) is 10.9. The van der Waals surface area contributed by atoms with E-state index in [4.69, 9.17) is 0 Å². The van der Waals surface area contributed by atoms with Crippen LogP contribution in [-0.4, -0.2) is 25.0 Å². The quantitative estimate of drug-likeness (QED) is 0.796. The molecule has 0 saturated carbocycles. The molecule has 3 nitrogen and oxygen atoms in total. The van der Waals surface area contributed by atoms with Gasteiger partial charge in [0.2, 0.25) is 5.91 Å². The van der Waals surface area contributed by atoms with Crippen molar-refractivity contribution < 1.29 is 4.79 Å². The summed E-state index contributed by atoms with van der Waals surface area (Å²) in [5.74, 6) is 0.125. The Kier molecular flexibility index (Phi) is 5.01. The third kappa shape index (κ3) is 3.85. The normalized spacial score (nSPS) is 18.3. The van der Waals surface area contributed by atoms with Crippen LogP contribution in [0.2, 0.25) is 0 Å². The highest BCUT2D eigenvalue weighted by molar-refractivity contribution is 5.76. The van der Waals surface area contributed by atoms with Crippen LogP contribution in [0.15, 0.2) is 43.0 Å². The first kappa shape index (κ1) is 13.7. The van der Waals surface area contributed by atoms with Crippen molar-refractivity contribution in [2.75, 3.05) is 18.0 Å². The van der Waals surface area contributed by atoms with Gasteiger partial charge in [-0.2, -0.15) is 0 Å². The van der Waals surface area contributed by atoms with Crippen molar-refractivity contribution in [3.8, 4) is 0 Å². The number of allylic oxidation sites excluding steroid dienone is 1. The molecule has 1 fully saturated rings. The van der Waals surface area contributed by atoms with E-state index in [0.717, 1.165) is 25.9 Å². The van der Waals surface area contributed by atoms with Crippen LogP contribution in [0, 0.1) is 0 Å². The van der Waals surface area contributed by atoms with Gasteiger partial charge in [0.25, 0.3) is 0 Å². The van der Waals surface area contributed by atoms with E-state index >= 15 is 0 Å². The molecule has 0 aliphatic carbocycles. The van der Waals surface area contributed by atoms with Crippen molar-refractivity contribution in [2.45, 2.75) is 31.7 Å². The van der Waals surface area contributed by atoms with Crippen LogP contribution in [0.25, 0.3) is 0 Å². The minimum Gasteiger partial charge on any atom is -0.367 e. The Hall–Kier alpha value is -1.77. The molecule has 1 aromatic carbocycles. The fourth-order valence-electron chi connectivity index (χ4n) is 2.56. The zero-order valence-corrected chi connectivity index (χ0v) is 11.3. The third-order valence-corrected chi connectivity index (χ3v) is 3.58. The number of rotatable bonds is 6. The molecule has 0 aromatic heterocycles. The number of carbonyl (C=O) groups is 1. The van der Waals surface area contributed by atoms with Gasteiger partial charge in [-0.15, -0.1) is 6.58 Å². The summed E-state index contributed by atoms with van der Waals surface area (Å²) in [5.41, 5.74) is 1.25. The van der Waals surface area contributed by atoms with Crippen LogP contribution in [0.1, 0.15) is 25.7 Å². The van der Waals surface area contributed by atoms with Gasteiger partial charge < -0.3 is 10.2 Å². The van der Waals surface area contributed by atoms with Gasteiger partial charge in [0.15, 0.2) is 0 Å². The molecule has 19 heavy (non-hydrogen) atoms. The lowest BCUT2D eigenvalue weighted by Gasteiger charge is -2.27. The maximum Gasteiger partial charge on any atom is 0.220 e. The Balaban J connectivity index is 1.86. The summed E-state index contributed by atoms with van der Waals surface area (Å²) in [4.78, 5) is 14.0. The summed E-state index contributed by atoms with van der Waals surface area (Å²) in [6.07, 6.45) is 5.42. The minimum atomic E-state index is 0.125. The van der Waals surface area contributed by atoms with E-state index in [1.165, 1.54) is 12.1 Å². The van der Waals surface area contributed by atoms with Crippen molar-refractivity contribution >= 4 is 11.6 Å². The van der Waals surface area contributed by atoms with E-state index in [-0.39, 0.29) is 5.91 Å². The van der Waals surface area contributed by atoms with E-state index in [9.17, 15) is 4.79 Å². The lowest BCUT2D eigenvalue weighted by molar-refractivity contribution is -0.121. The first-order chi connectivity index (χ1) is 9.31. The molecule has 1 atom stereocenters. The highest BCUT2D eigenvalue weighted by atomic mass is 16.1. The van der Waals surface area contributed by atoms with Crippen molar-refractivity contribution in [3.05, 3.63) is 43.0 Å². The molecular formula is C16H22N2O. The molecule has 0 bridgehead atoms. The van der Waals surface area contributed by atoms with Crippen molar-refractivity contribution in [1.29, 1.82) is 0 Å². The van der Waals surface area contributed by atoms with Gasteiger partial charge in [0.05, 0.1) is 0 Å². The molecule has 1 aliphatic rings. The van der Waals surface area contributed by atoms with Gasteiger partial charge in [0, 0.05) is 31.2 Å². The van der Waals surface area contributed by atoms with E-state index in [1.54, 1.807) is 6.08 Å². The SMILES string of the molecule is C=CCCC(=O)NC[C@@H]1CCCN1c1ccccc1. The van der Waals surface area contributed by atoms with Gasteiger partial charge >= 0.3 is 0 Å². The van der Waals surface area contributed by atoms with Gasteiger partial charge in [-0.3, -0.25) is 4.79 Å². The molecule has 1 heterocycles. The molecule has 1 N–H and O–H groups in total. The van der Waals surface area contributed by atoms with Crippen LogP contribution >= 0.6 is 0 Å². The highest BCUT2D eigenvalue weighted by Crippen LogP contribution is 2.24. The molecule has 3 heteroatoms. The predicted octanol–water partition coefficient (Wildman–Crippen LogP) is 2.74. The summed E-state index contributed by atoms with van der Waals surface area (Å²) < 4.78 is 0. The van der Waals surface area contributed by atoms with Gasteiger partial charge in [0.1, 0.15) is 0 Å². The Morgan fingerprint density at radius 3 is 2.95 bits per heavy atom. The molecule has 1 saturated heterocycles. The molecule has 1 aliphatic heterocycles. The van der Waals surface area contributed by atoms with Crippen LogP contribution < -0.4 is 10.2 Å². The monoisotopic (exact) mass is 258 g/mol. The second-order valence-electron chi connectivity index (χ2n) is 4.96. The summed E-state index contributed by atoms with van der Waals surface area (Å²) in [7, 11) is 0. The van der Waals surface area contributed by atoms with Crippen LogP contribution in [0.5, 0.6) is 0 Å². The van der Waals surface area contributed by atoms with Crippen molar-refractivity contribution in [2.24, 2.45) is 0 Å². The summed E-state index contributed by atoms with van der Waals surface area (Å²) in [5, 5.41) is 3.03. The van der Waals surface area contributed by atoms with Gasteiger partial charge in [-0.1, -0.05) is 24.3 Å². The van der Waals surface area contributed by atoms with Crippen molar-refractivity contribution in [3.63, 3.8) is 0 Å². The Bertz CT molecular complexity index is 416. The smallest absolute Gasteiger partial charge is 0.220 e. The van der Waals surface area contributed by atoms with Crippen LogP contribution in [0.3, 0.4) is 0 Å². The lowest BCUT2D eigenvalue weighted by Crippen LogP contribution is -2.40. The Morgan fingerprint density at radius 1 is 1.42 bits per heavy atom. The second kappa shape index (κ2) is 6.98. The highest BCUT2D eigenvalue weighted by Gasteiger charge is 2.24. The Labute approximate surface area is 115 Å². The molecular weight excluding hydrogens is 236 g/mol. The van der Waals surface area contributed by atoms with E-state index in [1.807, 2.05) is 6.07 Å². The van der Waals surface area contributed by atoms with Gasteiger partial charge in [-0.05, 0) is 31.4 Å².